The van der Waals surface area contributed by atoms with Gasteiger partial charge in [-0.2, -0.15) is 0 Å². The highest BCUT2D eigenvalue weighted by atomic mass is 19.1. The number of rotatable bonds is 6. The second-order valence-corrected chi connectivity index (χ2v) is 6.10. The van der Waals surface area contributed by atoms with Crippen LogP contribution in [0.1, 0.15) is 20.7 Å². The Balaban J connectivity index is 1.52. The van der Waals surface area contributed by atoms with Crippen molar-refractivity contribution in [2.24, 2.45) is 0 Å². The predicted molar refractivity (Wildman–Crippen MR) is 94.3 cm³/mol. The Bertz CT molecular complexity index is 834. The predicted octanol–water partition coefficient (Wildman–Crippen LogP) is 1.99. The van der Waals surface area contributed by atoms with Crippen LogP contribution < -0.4 is 5.32 Å². The lowest BCUT2D eigenvalue weighted by Crippen LogP contribution is -2.39. The van der Waals surface area contributed by atoms with Crippen molar-refractivity contribution in [1.29, 1.82) is 0 Å². The van der Waals surface area contributed by atoms with Gasteiger partial charge in [0.05, 0.1) is 17.7 Å². The van der Waals surface area contributed by atoms with E-state index in [2.05, 4.69) is 5.32 Å². The standard InChI is InChI=1S/C19H18FN3O3/c1-22(12-17(24)21-14-6-4-5-13(20)11-14)9-10-23-18(25)15-7-2-3-8-16(15)19(23)26/h2-8,11H,9-10,12H2,1H3,(H,21,24). The molecule has 1 aliphatic heterocycles. The summed E-state index contributed by atoms with van der Waals surface area (Å²) in [7, 11) is 1.71. The van der Waals surface area contributed by atoms with Crippen LogP contribution >= 0.6 is 0 Å². The van der Waals surface area contributed by atoms with Crippen LogP contribution in [0.4, 0.5) is 10.1 Å². The molecule has 0 spiro atoms. The van der Waals surface area contributed by atoms with Gasteiger partial charge >= 0.3 is 0 Å². The minimum Gasteiger partial charge on any atom is -0.325 e. The zero-order valence-electron chi connectivity index (χ0n) is 14.2. The van der Waals surface area contributed by atoms with Gasteiger partial charge in [-0.1, -0.05) is 18.2 Å². The molecule has 3 rings (SSSR count). The van der Waals surface area contributed by atoms with Gasteiger partial charge in [-0.25, -0.2) is 4.39 Å². The van der Waals surface area contributed by atoms with Crippen LogP contribution in [0.5, 0.6) is 0 Å². The molecule has 0 aromatic heterocycles. The maximum atomic E-state index is 13.1. The highest BCUT2D eigenvalue weighted by Crippen LogP contribution is 2.21. The van der Waals surface area contributed by atoms with Crippen molar-refractivity contribution < 1.29 is 18.8 Å². The van der Waals surface area contributed by atoms with Gasteiger partial charge in [0.25, 0.3) is 11.8 Å². The van der Waals surface area contributed by atoms with Crippen molar-refractivity contribution in [2.45, 2.75) is 0 Å². The van der Waals surface area contributed by atoms with Gasteiger partial charge in [0.15, 0.2) is 0 Å². The minimum atomic E-state index is -0.429. The summed E-state index contributed by atoms with van der Waals surface area (Å²) >= 11 is 0. The topological polar surface area (TPSA) is 69.7 Å². The number of amides is 3. The third kappa shape index (κ3) is 3.78. The fourth-order valence-electron chi connectivity index (χ4n) is 2.80. The van der Waals surface area contributed by atoms with Gasteiger partial charge in [-0.3, -0.25) is 24.2 Å². The Morgan fingerprint density at radius 2 is 1.73 bits per heavy atom. The van der Waals surface area contributed by atoms with Crippen LogP contribution in [0.25, 0.3) is 0 Å². The second kappa shape index (κ2) is 7.45. The van der Waals surface area contributed by atoms with Gasteiger partial charge in [-0.05, 0) is 37.4 Å². The lowest BCUT2D eigenvalue weighted by atomic mass is 10.1. The zero-order valence-corrected chi connectivity index (χ0v) is 14.2. The number of halogens is 1. The monoisotopic (exact) mass is 355 g/mol. The second-order valence-electron chi connectivity index (χ2n) is 6.10. The molecular weight excluding hydrogens is 337 g/mol. The summed E-state index contributed by atoms with van der Waals surface area (Å²) in [6.45, 7) is 0.595. The molecular formula is C19H18FN3O3. The van der Waals surface area contributed by atoms with E-state index in [1.807, 2.05) is 0 Å². The van der Waals surface area contributed by atoms with E-state index in [1.54, 1.807) is 42.3 Å². The Kier molecular flexibility index (Phi) is 5.09. The maximum Gasteiger partial charge on any atom is 0.261 e. The van der Waals surface area contributed by atoms with E-state index in [9.17, 15) is 18.8 Å². The molecule has 0 saturated heterocycles. The first-order valence-electron chi connectivity index (χ1n) is 8.15. The molecule has 2 aromatic carbocycles. The number of hydrogen-bond acceptors (Lipinski definition) is 4. The average Bonchev–Trinajstić information content (AvgIpc) is 2.84. The molecule has 3 amide bonds. The van der Waals surface area contributed by atoms with E-state index in [0.717, 1.165) is 0 Å². The van der Waals surface area contributed by atoms with Crippen LogP contribution in [0, 0.1) is 5.82 Å². The number of carbonyl (C=O) groups excluding carboxylic acids is 3. The van der Waals surface area contributed by atoms with E-state index < -0.39 is 5.82 Å². The molecule has 1 N–H and O–H groups in total. The number of hydrogen-bond donors (Lipinski definition) is 1. The molecule has 6 nitrogen and oxygen atoms in total. The normalized spacial score (nSPS) is 13.3. The van der Waals surface area contributed by atoms with Crippen LogP contribution in [-0.4, -0.2) is 54.2 Å². The van der Waals surface area contributed by atoms with E-state index in [-0.39, 0.29) is 30.8 Å². The fraction of sp³-hybridized carbons (Fsp3) is 0.211. The van der Waals surface area contributed by atoms with Crippen molar-refractivity contribution in [2.75, 3.05) is 32.0 Å². The summed E-state index contributed by atoms with van der Waals surface area (Å²) in [5.41, 5.74) is 1.19. The Morgan fingerprint density at radius 3 is 2.35 bits per heavy atom. The Hall–Kier alpha value is -3.06. The van der Waals surface area contributed by atoms with E-state index in [4.69, 9.17) is 0 Å². The quantitative estimate of drug-likeness (QED) is 0.805. The van der Waals surface area contributed by atoms with Crippen molar-refractivity contribution in [1.82, 2.24) is 9.80 Å². The molecule has 1 aliphatic rings. The van der Waals surface area contributed by atoms with Gasteiger partial charge in [-0.15, -0.1) is 0 Å². The maximum absolute atomic E-state index is 13.1. The van der Waals surface area contributed by atoms with Gasteiger partial charge in [0, 0.05) is 18.8 Å². The van der Waals surface area contributed by atoms with Crippen LogP contribution in [0.15, 0.2) is 48.5 Å². The molecule has 0 radical (unpaired) electrons. The molecule has 0 fully saturated rings. The summed E-state index contributed by atoms with van der Waals surface area (Å²) in [6, 6.07) is 12.3. The highest BCUT2D eigenvalue weighted by molar-refractivity contribution is 6.21. The van der Waals surface area contributed by atoms with E-state index >= 15 is 0 Å². The smallest absolute Gasteiger partial charge is 0.261 e. The lowest BCUT2D eigenvalue weighted by Gasteiger charge is -2.20. The van der Waals surface area contributed by atoms with Gasteiger partial charge in [0.1, 0.15) is 5.82 Å². The zero-order chi connectivity index (χ0) is 18.7. The lowest BCUT2D eigenvalue weighted by molar-refractivity contribution is -0.117. The number of nitrogens with one attached hydrogen (secondary N) is 1. The minimum absolute atomic E-state index is 0.0552. The van der Waals surface area contributed by atoms with Crippen molar-refractivity contribution >= 4 is 23.4 Å². The van der Waals surface area contributed by atoms with Gasteiger partial charge < -0.3 is 5.32 Å². The summed E-state index contributed by atoms with van der Waals surface area (Å²) in [5, 5.41) is 2.61. The Morgan fingerprint density at radius 1 is 1.08 bits per heavy atom. The number of likely N-dealkylation sites (N-methyl/N-ethyl adjacent to an activating group) is 1. The first-order chi connectivity index (χ1) is 12.5. The van der Waals surface area contributed by atoms with E-state index in [1.165, 1.54) is 23.1 Å². The van der Waals surface area contributed by atoms with Crippen LogP contribution in [0.2, 0.25) is 0 Å². The number of carbonyl (C=O) groups is 3. The molecule has 1 heterocycles. The average molecular weight is 355 g/mol. The highest BCUT2D eigenvalue weighted by Gasteiger charge is 2.34. The van der Waals surface area contributed by atoms with Crippen LogP contribution in [-0.2, 0) is 4.79 Å². The number of nitrogens with zero attached hydrogens (tertiary/aromatic N) is 2. The molecule has 0 bridgehead atoms. The Labute approximate surface area is 150 Å². The molecule has 26 heavy (non-hydrogen) atoms. The number of benzene rings is 2. The van der Waals surface area contributed by atoms with Crippen LogP contribution in [0.3, 0.4) is 0 Å². The fourth-order valence-corrected chi connectivity index (χ4v) is 2.80. The van der Waals surface area contributed by atoms with Crippen molar-refractivity contribution in [3.05, 3.63) is 65.5 Å². The first kappa shape index (κ1) is 17.8. The summed E-state index contributed by atoms with van der Waals surface area (Å²) in [4.78, 5) is 39.5. The van der Waals surface area contributed by atoms with Crippen molar-refractivity contribution in [3.8, 4) is 0 Å². The molecule has 2 aromatic rings. The molecule has 7 heteroatoms. The molecule has 134 valence electrons. The molecule has 0 unspecified atom stereocenters. The number of fused-ring (bicyclic) bond motifs is 1. The molecule has 0 atom stereocenters. The SMILES string of the molecule is CN(CCN1C(=O)c2ccccc2C1=O)CC(=O)Nc1cccc(F)c1. The summed E-state index contributed by atoms with van der Waals surface area (Å²) < 4.78 is 13.1. The van der Waals surface area contributed by atoms with Gasteiger partial charge in [0.2, 0.25) is 5.91 Å². The molecule has 0 aliphatic carbocycles. The van der Waals surface area contributed by atoms with E-state index in [0.29, 0.717) is 23.4 Å². The third-order valence-electron chi connectivity index (χ3n) is 4.11. The van der Waals surface area contributed by atoms with Crippen molar-refractivity contribution in [3.63, 3.8) is 0 Å². The summed E-state index contributed by atoms with van der Waals surface area (Å²) in [6.07, 6.45) is 0. The molecule has 0 saturated carbocycles. The number of anilines is 1. The summed E-state index contributed by atoms with van der Waals surface area (Å²) in [5.74, 6) is -1.37. The largest absolute Gasteiger partial charge is 0.325 e. The number of imide groups is 1. The first-order valence-corrected chi connectivity index (χ1v) is 8.15. The third-order valence-corrected chi connectivity index (χ3v) is 4.11.